The standard InChI is InChI=1S/C34H35F2N3O4S/c1-2-3-22-37-34(41)32(23-26-10-6-4-7-11-26)38(24-27-14-16-28(35)17-15-27)33(40)25-39(30-20-18-29(36)19-21-30)44(42,43)31-12-8-5-9-13-31/h4-21,32H,2-3,22-25H2,1H3,(H,37,41)/t32-/m0/s1. The smallest absolute Gasteiger partial charge is 0.264 e. The van der Waals surface area contributed by atoms with E-state index >= 15 is 0 Å². The molecule has 0 saturated carbocycles. The summed E-state index contributed by atoms with van der Waals surface area (Å²) in [6.07, 6.45) is 1.75. The van der Waals surface area contributed by atoms with Crippen molar-refractivity contribution in [3.05, 3.63) is 132 Å². The van der Waals surface area contributed by atoms with Crippen LogP contribution in [0.5, 0.6) is 0 Å². The molecule has 4 rings (SSSR count). The van der Waals surface area contributed by atoms with Gasteiger partial charge in [0, 0.05) is 19.5 Å². The highest BCUT2D eigenvalue weighted by atomic mass is 32.2. The molecule has 4 aromatic rings. The lowest BCUT2D eigenvalue weighted by Crippen LogP contribution is -2.53. The average Bonchev–Trinajstić information content (AvgIpc) is 3.03. The number of nitrogens with one attached hydrogen (secondary N) is 1. The Morgan fingerprint density at radius 2 is 1.34 bits per heavy atom. The summed E-state index contributed by atoms with van der Waals surface area (Å²) in [6, 6.07) is 26.1. The maximum Gasteiger partial charge on any atom is 0.264 e. The first-order valence-corrected chi connectivity index (χ1v) is 15.8. The van der Waals surface area contributed by atoms with Gasteiger partial charge in [-0.15, -0.1) is 0 Å². The van der Waals surface area contributed by atoms with Crippen LogP contribution in [0.2, 0.25) is 0 Å². The lowest BCUT2D eigenvalue weighted by atomic mass is 10.0. The third-order valence-electron chi connectivity index (χ3n) is 7.09. The maximum absolute atomic E-state index is 14.3. The highest BCUT2D eigenvalue weighted by Gasteiger charge is 2.34. The van der Waals surface area contributed by atoms with Gasteiger partial charge in [-0.05, 0) is 66.1 Å². The van der Waals surface area contributed by atoms with Crippen molar-refractivity contribution in [1.29, 1.82) is 0 Å². The highest BCUT2D eigenvalue weighted by molar-refractivity contribution is 7.92. The number of rotatable bonds is 14. The Morgan fingerprint density at radius 3 is 1.93 bits per heavy atom. The van der Waals surface area contributed by atoms with E-state index in [1.807, 2.05) is 37.3 Å². The fraction of sp³-hybridized carbons (Fsp3) is 0.235. The fourth-order valence-electron chi connectivity index (χ4n) is 4.70. The summed E-state index contributed by atoms with van der Waals surface area (Å²) < 4.78 is 56.3. The van der Waals surface area contributed by atoms with Gasteiger partial charge in [-0.3, -0.25) is 13.9 Å². The summed E-state index contributed by atoms with van der Waals surface area (Å²) in [5.74, 6) is -2.08. The van der Waals surface area contributed by atoms with Crippen molar-refractivity contribution >= 4 is 27.5 Å². The molecule has 7 nitrogen and oxygen atoms in total. The van der Waals surface area contributed by atoms with Crippen molar-refractivity contribution in [2.24, 2.45) is 0 Å². The van der Waals surface area contributed by atoms with Crippen LogP contribution in [0, 0.1) is 11.6 Å². The van der Waals surface area contributed by atoms with Crippen molar-refractivity contribution in [2.45, 2.75) is 43.7 Å². The minimum atomic E-state index is -4.28. The van der Waals surface area contributed by atoms with E-state index in [4.69, 9.17) is 0 Å². The lowest BCUT2D eigenvalue weighted by molar-refractivity contribution is -0.140. The zero-order valence-electron chi connectivity index (χ0n) is 24.4. The molecule has 0 fully saturated rings. The Bertz CT molecular complexity index is 1620. The Morgan fingerprint density at radius 1 is 0.773 bits per heavy atom. The molecule has 0 aromatic heterocycles. The van der Waals surface area contributed by atoms with Crippen LogP contribution in [0.3, 0.4) is 0 Å². The van der Waals surface area contributed by atoms with E-state index in [1.54, 1.807) is 18.2 Å². The summed E-state index contributed by atoms with van der Waals surface area (Å²) in [6.45, 7) is 1.65. The van der Waals surface area contributed by atoms with Crippen molar-refractivity contribution in [2.75, 3.05) is 17.4 Å². The summed E-state index contributed by atoms with van der Waals surface area (Å²) in [4.78, 5) is 29.3. The quantitative estimate of drug-likeness (QED) is 0.183. The number of sulfonamides is 1. The summed E-state index contributed by atoms with van der Waals surface area (Å²) >= 11 is 0. The second-order valence-corrected chi connectivity index (χ2v) is 12.2. The molecule has 0 aliphatic rings. The molecule has 44 heavy (non-hydrogen) atoms. The number of carbonyl (C=O) groups excluding carboxylic acids is 2. The van der Waals surface area contributed by atoms with Gasteiger partial charge in [0.15, 0.2) is 0 Å². The molecular weight excluding hydrogens is 584 g/mol. The van der Waals surface area contributed by atoms with Gasteiger partial charge in [0.1, 0.15) is 24.2 Å². The van der Waals surface area contributed by atoms with Crippen LogP contribution in [0.25, 0.3) is 0 Å². The molecule has 0 aliphatic carbocycles. The minimum absolute atomic E-state index is 0.0552. The third kappa shape index (κ3) is 8.50. The molecule has 0 bridgehead atoms. The zero-order chi connectivity index (χ0) is 31.5. The number of amides is 2. The summed E-state index contributed by atoms with van der Waals surface area (Å²) in [5.41, 5.74) is 1.43. The average molecular weight is 620 g/mol. The van der Waals surface area contributed by atoms with Gasteiger partial charge in [0.25, 0.3) is 10.0 Å². The van der Waals surface area contributed by atoms with Crippen molar-refractivity contribution in [3.8, 4) is 0 Å². The molecule has 0 heterocycles. The van der Waals surface area contributed by atoms with E-state index in [0.29, 0.717) is 12.1 Å². The van der Waals surface area contributed by atoms with E-state index in [2.05, 4.69) is 5.32 Å². The number of nitrogens with zero attached hydrogens (tertiary/aromatic N) is 2. The van der Waals surface area contributed by atoms with Gasteiger partial charge in [0.2, 0.25) is 11.8 Å². The number of unbranched alkanes of at least 4 members (excludes halogenated alkanes) is 1. The zero-order valence-corrected chi connectivity index (χ0v) is 25.2. The van der Waals surface area contributed by atoms with Crippen LogP contribution in [0.1, 0.15) is 30.9 Å². The first kappa shape index (κ1) is 32.3. The first-order chi connectivity index (χ1) is 21.2. The number of halogens is 2. The SMILES string of the molecule is CCCCNC(=O)[C@H](Cc1ccccc1)N(Cc1ccc(F)cc1)C(=O)CN(c1ccc(F)cc1)S(=O)(=O)c1ccccc1. The molecule has 0 aliphatic heterocycles. The molecule has 230 valence electrons. The Kier molecular flexibility index (Phi) is 11.2. The molecule has 0 saturated heterocycles. The Balaban J connectivity index is 1.77. The van der Waals surface area contributed by atoms with Gasteiger partial charge in [-0.2, -0.15) is 0 Å². The molecule has 10 heteroatoms. The Hall–Kier alpha value is -4.57. The molecule has 4 aromatic carbocycles. The number of carbonyl (C=O) groups is 2. The molecule has 2 amide bonds. The second-order valence-electron chi connectivity index (χ2n) is 10.3. The van der Waals surface area contributed by atoms with Crippen LogP contribution in [0.15, 0.2) is 114 Å². The molecule has 1 atom stereocenters. The van der Waals surface area contributed by atoms with Crippen molar-refractivity contribution < 1.29 is 26.8 Å². The minimum Gasteiger partial charge on any atom is -0.354 e. The van der Waals surface area contributed by atoms with E-state index in [1.165, 1.54) is 53.4 Å². The molecule has 1 N–H and O–H groups in total. The van der Waals surface area contributed by atoms with E-state index in [-0.39, 0.29) is 23.5 Å². The number of anilines is 1. The predicted octanol–water partition coefficient (Wildman–Crippen LogP) is 5.72. The summed E-state index contributed by atoms with van der Waals surface area (Å²) in [7, 11) is -4.28. The van der Waals surface area contributed by atoms with Crippen LogP contribution < -0.4 is 9.62 Å². The van der Waals surface area contributed by atoms with Gasteiger partial charge >= 0.3 is 0 Å². The molecule has 0 unspecified atom stereocenters. The normalized spacial score (nSPS) is 11.9. The van der Waals surface area contributed by atoms with Gasteiger partial charge < -0.3 is 10.2 Å². The van der Waals surface area contributed by atoms with Crippen LogP contribution in [-0.2, 0) is 32.6 Å². The maximum atomic E-state index is 14.3. The Labute approximate surface area is 257 Å². The first-order valence-electron chi connectivity index (χ1n) is 14.4. The largest absolute Gasteiger partial charge is 0.354 e. The molecular formula is C34H35F2N3O4S. The highest BCUT2D eigenvalue weighted by Crippen LogP contribution is 2.25. The van der Waals surface area contributed by atoms with E-state index in [9.17, 15) is 26.8 Å². The monoisotopic (exact) mass is 619 g/mol. The fourth-order valence-corrected chi connectivity index (χ4v) is 6.14. The number of hydrogen-bond donors (Lipinski definition) is 1. The van der Waals surface area contributed by atoms with Crippen LogP contribution in [0.4, 0.5) is 14.5 Å². The third-order valence-corrected chi connectivity index (χ3v) is 8.88. The molecule has 0 spiro atoms. The van der Waals surface area contributed by atoms with Gasteiger partial charge in [0.05, 0.1) is 10.6 Å². The van der Waals surface area contributed by atoms with Gasteiger partial charge in [-0.25, -0.2) is 17.2 Å². The van der Waals surface area contributed by atoms with Crippen LogP contribution in [-0.4, -0.2) is 44.3 Å². The van der Waals surface area contributed by atoms with E-state index < -0.39 is 46.1 Å². The summed E-state index contributed by atoms with van der Waals surface area (Å²) in [5, 5.41) is 2.92. The number of benzene rings is 4. The van der Waals surface area contributed by atoms with Gasteiger partial charge in [-0.1, -0.05) is 74.0 Å². The molecule has 0 radical (unpaired) electrons. The second kappa shape index (κ2) is 15.2. The van der Waals surface area contributed by atoms with Crippen molar-refractivity contribution in [3.63, 3.8) is 0 Å². The predicted molar refractivity (Wildman–Crippen MR) is 166 cm³/mol. The van der Waals surface area contributed by atoms with E-state index in [0.717, 1.165) is 34.8 Å². The van der Waals surface area contributed by atoms with Crippen molar-refractivity contribution in [1.82, 2.24) is 10.2 Å². The van der Waals surface area contributed by atoms with Crippen LogP contribution >= 0.6 is 0 Å². The topological polar surface area (TPSA) is 86.8 Å². The lowest BCUT2D eigenvalue weighted by Gasteiger charge is -2.34. The number of hydrogen-bond acceptors (Lipinski definition) is 4.